The standard InChI is InChI=1S/C12H22O7/c1-3-6(12(17)18-4-2)11-10(16)9(15)8(14)7(5-13)19-11/h6-11,13-16H,3-5H2,1-2H3/t6?,7-,8+,9+,10-,11-/m1/s1. The normalized spacial score (nSPS) is 36.8. The molecule has 0 aromatic heterocycles. The largest absolute Gasteiger partial charge is 0.466 e. The fraction of sp³-hybridized carbons (Fsp3) is 0.917. The van der Waals surface area contributed by atoms with Crippen molar-refractivity contribution in [2.75, 3.05) is 13.2 Å². The maximum atomic E-state index is 11.8. The number of hydrogen-bond acceptors (Lipinski definition) is 7. The van der Waals surface area contributed by atoms with Crippen molar-refractivity contribution in [3.63, 3.8) is 0 Å². The Hall–Kier alpha value is -0.730. The highest BCUT2D eigenvalue weighted by Crippen LogP contribution is 2.28. The monoisotopic (exact) mass is 278 g/mol. The lowest BCUT2D eigenvalue weighted by molar-refractivity contribution is -0.243. The molecule has 1 unspecified atom stereocenters. The zero-order valence-electron chi connectivity index (χ0n) is 11.1. The van der Waals surface area contributed by atoms with E-state index in [-0.39, 0.29) is 6.61 Å². The maximum absolute atomic E-state index is 11.8. The highest BCUT2D eigenvalue weighted by atomic mass is 16.6. The van der Waals surface area contributed by atoms with Crippen molar-refractivity contribution >= 4 is 5.97 Å². The molecule has 0 aromatic carbocycles. The molecule has 1 saturated heterocycles. The third kappa shape index (κ3) is 3.43. The molecule has 6 atom stereocenters. The first-order chi connectivity index (χ1) is 8.97. The predicted molar refractivity (Wildman–Crippen MR) is 64.2 cm³/mol. The minimum Gasteiger partial charge on any atom is -0.466 e. The number of carbonyl (C=O) groups excluding carboxylic acids is 1. The number of esters is 1. The summed E-state index contributed by atoms with van der Waals surface area (Å²) in [5, 5.41) is 38.3. The van der Waals surface area contributed by atoms with Crippen LogP contribution in [0.2, 0.25) is 0 Å². The van der Waals surface area contributed by atoms with Crippen molar-refractivity contribution in [3.05, 3.63) is 0 Å². The number of ether oxygens (including phenoxy) is 2. The van der Waals surface area contributed by atoms with Crippen LogP contribution in [0.3, 0.4) is 0 Å². The Morgan fingerprint density at radius 3 is 2.32 bits per heavy atom. The molecule has 19 heavy (non-hydrogen) atoms. The number of rotatable bonds is 5. The predicted octanol–water partition coefficient (Wildman–Crippen LogP) is -1.58. The minimum absolute atomic E-state index is 0.201. The summed E-state index contributed by atoms with van der Waals surface area (Å²) in [4.78, 5) is 11.8. The Labute approximate surface area is 111 Å². The second kappa shape index (κ2) is 7.16. The summed E-state index contributed by atoms with van der Waals surface area (Å²) < 4.78 is 10.2. The van der Waals surface area contributed by atoms with Gasteiger partial charge in [-0.25, -0.2) is 0 Å². The van der Waals surface area contributed by atoms with Gasteiger partial charge < -0.3 is 29.9 Å². The summed E-state index contributed by atoms with van der Waals surface area (Å²) in [5.41, 5.74) is 0. The van der Waals surface area contributed by atoms with Crippen molar-refractivity contribution in [1.82, 2.24) is 0 Å². The Morgan fingerprint density at radius 2 is 1.84 bits per heavy atom. The highest BCUT2D eigenvalue weighted by molar-refractivity contribution is 5.73. The zero-order valence-corrected chi connectivity index (χ0v) is 11.1. The van der Waals surface area contributed by atoms with E-state index in [1.54, 1.807) is 13.8 Å². The highest BCUT2D eigenvalue weighted by Gasteiger charge is 2.47. The van der Waals surface area contributed by atoms with Crippen molar-refractivity contribution in [1.29, 1.82) is 0 Å². The maximum Gasteiger partial charge on any atom is 0.311 e. The fourth-order valence-electron chi connectivity index (χ4n) is 2.25. The fourth-order valence-corrected chi connectivity index (χ4v) is 2.25. The Balaban J connectivity index is 2.86. The van der Waals surface area contributed by atoms with Gasteiger partial charge in [0.1, 0.15) is 24.4 Å². The van der Waals surface area contributed by atoms with Crippen LogP contribution in [0.4, 0.5) is 0 Å². The third-order valence-electron chi connectivity index (χ3n) is 3.35. The van der Waals surface area contributed by atoms with Crippen LogP contribution in [0.1, 0.15) is 20.3 Å². The lowest BCUT2D eigenvalue weighted by Gasteiger charge is -2.42. The molecule has 1 aliphatic rings. The summed E-state index contributed by atoms with van der Waals surface area (Å²) >= 11 is 0. The molecule has 0 spiro atoms. The molecule has 112 valence electrons. The molecular formula is C12H22O7. The molecule has 0 amide bonds. The Bertz CT molecular complexity index is 294. The average Bonchev–Trinajstić information content (AvgIpc) is 2.40. The number of carbonyl (C=O) groups is 1. The van der Waals surface area contributed by atoms with E-state index in [9.17, 15) is 20.1 Å². The van der Waals surface area contributed by atoms with Gasteiger partial charge in [-0.2, -0.15) is 0 Å². The van der Waals surface area contributed by atoms with Crippen molar-refractivity contribution < 1.29 is 34.7 Å². The molecular weight excluding hydrogens is 256 g/mol. The molecule has 1 heterocycles. The number of aliphatic hydroxyl groups is 4. The van der Waals surface area contributed by atoms with Gasteiger partial charge in [-0.1, -0.05) is 6.92 Å². The molecule has 0 bridgehead atoms. The first kappa shape index (κ1) is 16.3. The first-order valence-electron chi connectivity index (χ1n) is 6.45. The van der Waals surface area contributed by atoms with Gasteiger partial charge in [0.05, 0.1) is 25.2 Å². The van der Waals surface area contributed by atoms with Gasteiger partial charge in [-0.15, -0.1) is 0 Å². The van der Waals surface area contributed by atoms with E-state index >= 15 is 0 Å². The third-order valence-corrected chi connectivity index (χ3v) is 3.35. The van der Waals surface area contributed by atoms with Crippen LogP contribution in [0.25, 0.3) is 0 Å². The lowest BCUT2D eigenvalue weighted by atomic mass is 9.86. The summed E-state index contributed by atoms with van der Waals surface area (Å²) in [7, 11) is 0. The SMILES string of the molecule is CCOC(=O)C(CC)[C@H]1O[C@H](CO)[C@H](O)[C@H](O)[C@H]1O. The minimum atomic E-state index is -1.47. The summed E-state index contributed by atoms with van der Waals surface area (Å²) in [5.74, 6) is -1.29. The molecule has 7 nitrogen and oxygen atoms in total. The quantitative estimate of drug-likeness (QED) is 0.448. The molecule has 7 heteroatoms. The molecule has 0 aliphatic carbocycles. The molecule has 4 N–H and O–H groups in total. The molecule has 1 fully saturated rings. The van der Waals surface area contributed by atoms with E-state index in [2.05, 4.69) is 0 Å². The molecule has 0 radical (unpaired) electrons. The van der Waals surface area contributed by atoms with Gasteiger partial charge in [-0.3, -0.25) is 4.79 Å². The van der Waals surface area contributed by atoms with Crippen LogP contribution in [0, 0.1) is 5.92 Å². The Morgan fingerprint density at radius 1 is 1.21 bits per heavy atom. The van der Waals surface area contributed by atoms with Gasteiger partial charge in [-0.05, 0) is 13.3 Å². The van der Waals surface area contributed by atoms with Gasteiger partial charge >= 0.3 is 5.97 Å². The Kier molecular flexibility index (Phi) is 6.15. The van der Waals surface area contributed by atoms with Crippen LogP contribution in [0.15, 0.2) is 0 Å². The van der Waals surface area contributed by atoms with E-state index in [1.807, 2.05) is 0 Å². The van der Waals surface area contributed by atoms with E-state index in [0.29, 0.717) is 6.42 Å². The van der Waals surface area contributed by atoms with E-state index < -0.39 is 49.0 Å². The van der Waals surface area contributed by atoms with Crippen molar-refractivity contribution in [2.24, 2.45) is 5.92 Å². The summed E-state index contributed by atoms with van der Waals surface area (Å²) in [6, 6.07) is 0. The van der Waals surface area contributed by atoms with E-state index in [4.69, 9.17) is 14.6 Å². The molecule has 0 saturated carbocycles. The smallest absolute Gasteiger partial charge is 0.311 e. The van der Waals surface area contributed by atoms with Crippen LogP contribution in [-0.2, 0) is 14.3 Å². The van der Waals surface area contributed by atoms with Crippen molar-refractivity contribution in [3.8, 4) is 0 Å². The van der Waals surface area contributed by atoms with Crippen LogP contribution in [0.5, 0.6) is 0 Å². The van der Waals surface area contributed by atoms with Gasteiger partial charge in [0.25, 0.3) is 0 Å². The molecule has 0 aromatic rings. The lowest BCUT2D eigenvalue weighted by Crippen LogP contribution is -2.61. The first-order valence-corrected chi connectivity index (χ1v) is 6.45. The van der Waals surface area contributed by atoms with Crippen molar-refractivity contribution in [2.45, 2.75) is 50.8 Å². The second-order valence-electron chi connectivity index (χ2n) is 4.56. The number of aliphatic hydroxyl groups excluding tert-OH is 4. The average molecular weight is 278 g/mol. The zero-order chi connectivity index (χ0) is 14.6. The van der Waals surface area contributed by atoms with E-state index in [1.165, 1.54) is 0 Å². The second-order valence-corrected chi connectivity index (χ2v) is 4.56. The van der Waals surface area contributed by atoms with Gasteiger partial charge in [0, 0.05) is 0 Å². The van der Waals surface area contributed by atoms with Crippen LogP contribution < -0.4 is 0 Å². The van der Waals surface area contributed by atoms with Crippen LogP contribution >= 0.6 is 0 Å². The summed E-state index contributed by atoms with van der Waals surface area (Å²) in [6.45, 7) is 3.08. The van der Waals surface area contributed by atoms with E-state index in [0.717, 1.165) is 0 Å². The topological polar surface area (TPSA) is 116 Å². The molecule has 1 aliphatic heterocycles. The van der Waals surface area contributed by atoms with Gasteiger partial charge in [0.2, 0.25) is 0 Å². The number of hydrogen-bond donors (Lipinski definition) is 4. The summed E-state index contributed by atoms with van der Waals surface area (Å²) in [6.07, 6.45) is -5.98. The van der Waals surface area contributed by atoms with Gasteiger partial charge in [0.15, 0.2) is 0 Å². The van der Waals surface area contributed by atoms with Crippen LogP contribution in [-0.4, -0.2) is 70.1 Å². The molecule has 1 rings (SSSR count).